The Morgan fingerprint density at radius 3 is 2.50 bits per heavy atom. The highest BCUT2D eigenvalue weighted by molar-refractivity contribution is 7.90. The van der Waals surface area contributed by atoms with Crippen molar-refractivity contribution in [3.8, 4) is 0 Å². The summed E-state index contributed by atoms with van der Waals surface area (Å²) < 4.78 is 22.4. The predicted octanol–water partition coefficient (Wildman–Crippen LogP) is 1.60. The molecule has 0 spiro atoms. The topological polar surface area (TPSA) is 71.5 Å². The Labute approximate surface area is 123 Å². The van der Waals surface area contributed by atoms with Gasteiger partial charge in [-0.1, -0.05) is 6.07 Å². The minimum atomic E-state index is -3.13. The maximum atomic E-state index is 11.9. The van der Waals surface area contributed by atoms with Crippen LogP contribution in [0.2, 0.25) is 0 Å². The SMILES string of the molecule is C[C@@H](CS(C)(=O)=O)N(C)C(=O)CCC(=O)c1cccs1. The van der Waals surface area contributed by atoms with Crippen molar-refractivity contribution in [3.05, 3.63) is 22.4 Å². The van der Waals surface area contributed by atoms with Gasteiger partial charge < -0.3 is 4.90 Å². The van der Waals surface area contributed by atoms with Gasteiger partial charge in [-0.25, -0.2) is 8.42 Å². The average molecular weight is 317 g/mol. The minimum Gasteiger partial charge on any atom is -0.342 e. The molecule has 0 aromatic carbocycles. The summed E-state index contributed by atoms with van der Waals surface area (Å²) in [5.74, 6) is -0.350. The van der Waals surface area contributed by atoms with Crippen LogP contribution in [0.15, 0.2) is 17.5 Å². The van der Waals surface area contributed by atoms with Crippen molar-refractivity contribution in [1.82, 2.24) is 4.90 Å². The fourth-order valence-electron chi connectivity index (χ4n) is 1.75. The Morgan fingerprint density at radius 2 is 2.00 bits per heavy atom. The number of amides is 1. The number of nitrogens with zero attached hydrogens (tertiary/aromatic N) is 1. The Hall–Kier alpha value is -1.21. The van der Waals surface area contributed by atoms with Crippen LogP contribution in [0.3, 0.4) is 0 Å². The minimum absolute atomic E-state index is 0.0579. The van der Waals surface area contributed by atoms with Crippen molar-refractivity contribution in [3.63, 3.8) is 0 Å². The van der Waals surface area contributed by atoms with Crippen molar-refractivity contribution in [1.29, 1.82) is 0 Å². The quantitative estimate of drug-likeness (QED) is 0.716. The molecule has 0 radical (unpaired) electrons. The van der Waals surface area contributed by atoms with Crippen molar-refractivity contribution in [2.45, 2.75) is 25.8 Å². The van der Waals surface area contributed by atoms with Gasteiger partial charge in [0.2, 0.25) is 5.91 Å². The van der Waals surface area contributed by atoms with E-state index in [0.717, 1.165) is 6.26 Å². The maximum absolute atomic E-state index is 11.9. The molecule has 1 aromatic rings. The Bertz CT molecular complexity index is 563. The lowest BCUT2D eigenvalue weighted by Gasteiger charge is -2.24. The molecular formula is C13H19NO4S2. The van der Waals surface area contributed by atoms with E-state index in [1.54, 1.807) is 26.1 Å². The largest absolute Gasteiger partial charge is 0.342 e. The van der Waals surface area contributed by atoms with Crippen LogP contribution in [0, 0.1) is 0 Å². The van der Waals surface area contributed by atoms with Crippen molar-refractivity contribution >= 4 is 32.9 Å². The van der Waals surface area contributed by atoms with Crippen molar-refractivity contribution < 1.29 is 18.0 Å². The van der Waals surface area contributed by atoms with Gasteiger partial charge in [0.15, 0.2) is 5.78 Å². The summed E-state index contributed by atoms with van der Waals surface area (Å²) in [7, 11) is -1.56. The summed E-state index contributed by atoms with van der Waals surface area (Å²) in [4.78, 5) is 25.7. The summed E-state index contributed by atoms with van der Waals surface area (Å²) in [5, 5.41) is 1.81. The van der Waals surface area contributed by atoms with Gasteiger partial charge in [0, 0.05) is 32.2 Å². The summed E-state index contributed by atoms with van der Waals surface area (Å²) in [6.07, 6.45) is 1.39. The molecule has 0 fully saturated rings. The number of hydrogen-bond acceptors (Lipinski definition) is 5. The van der Waals surface area contributed by atoms with Crippen LogP contribution in [0.25, 0.3) is 0 Å². The van der Waals surface area contributed by atoms with Crippen LogP contribution < -0.4 is 0 Å². The number of carbonyl (C=O) groups is 2. The van der Waals surface area contributed by atoms with Gasteiger partial charge in [-0.15, -0.1) is 11.3 Å². The molecule has 20 heavy (non-hydrogen) atoms. The molecule has 0 N–H and O–H groups in total. The molecule has 1 aromatic heterocycles. The zero-order valence-electron chi connectivity index (χ0n) is 11.8. The summed E-state index contributed by atoms with van der Waals surface area (Å²) in [5.41, 5.74) is 0. The van der Waals surface area contributed by atoms with E-state index in [-0.39, 0.29) is 30.3 Å². The van der Waals surface area contributed by atoms with E-state index in [1.165, 1.54) is 16.2 Å². The molecular weight excluding hydrogens is 298 g/mol. The van der Waals surface area contributed by atoms with Gasteiger partial charge in [-0.05, 0) is 18.4 Å². The van der Waals surface area contributed by atoms with Gasteiger partial charge in [0.05, 0.1) is 10.6 Å². The smallest absolute Gasteiger partial charge is 0.223 e. The number of Topliss-reactive ketones (excluding diaryl/α,β-unsaturated/α-hetero) is 1. The zero-order valence-corrected chi connectivity index (χ0v) is 13.5. The van der Waals surface area contributed by atoms with Crippen molar-refractivity contribution in [2.75, 3.05) is 19.1 Å². The van der Waals surface area contributed by atoms with Gasteiger partial charge >= 0.3 is 0 Å². The third-order valence-electron chi connectivity index (χ3n) is 2.96. The molecule has 0 saturated heterocycles. The fraction of sp³-hybridized carbons (Fsp3) is 0.538. The average Bonchev–Trinajstić information content (AvgIpc) is 2.86. The standard InChI is InChI=1S/C13H19NO4S2/c1-10(9-20(3,17)18)14(2)13(16)7-6-11(15)12-5-4-8-19-12/h4-5,8,10H,6-7,9H2,1-3H3/t10-/m0/s1. The number of rotatable bonds is 7. The van der Waals surface area contributed by atoms with Crippen LogP contribution in [-0.2, 0) is 14.6 Å². The summed E-state index contributed by atoms with van der Waals surface area (Å²) in [6, 6.07) is 3.13. The van der Waals surface area contributed by atoms with Crippen LogP contribution in [0.5, 0.6) is 0 Å². The molecule has 0 aliphatic carbocycles. The number of thiophene rings is 1. The first-order valence-corrected chi connectivity index (χ1v) is 9.15. The monoisotopic (exact) mass is 317 g/mol. The first-order chi connectivity index (χ1) is 9.20. The molecule has 112 valence electrons. The Morgan fingerprint density at radius 1 is 1.35 bits per heavy atom. The molecule has 5 nitrogen and oxygen atoms in total. The third-order valence-corrected chi connectivity index (χ3v) is 4.96. The second-order valence-electron chi connectivity index (χ2n) is 4.85. The highest BCUT2D eigenvalue weighted by atomic mass is 32.2. The van der Waals surface area contributed by atoms with Crippen LogP contribution in [-0.4, -0.2) is 50.1 Å². The Kier molecular flexibility index (Phi) is 5.88. The molecule has 1 amide bonds. The highest BCUT2D eigenvalue weighted by Crippen LogP contribution is 2.13. The molecule has 0 aliphatic heterocycles. The molecule has 0 unspecified atom stereocenters. The predicted molar refractivity (Wildman–Crippen MR) is 79.8 cm³/mol. The lowest BCUT2D eigenvalue weighted by atomic mass is 10.1. The van der Waals surface area contributed by atoms with E-state index in [2.05, 4.69) is 0 Å². The first-order valence-electron chi connectivity index (χ1n) is 6.21. The van der Waals surface area contributed by atoms with Gasteiger partial charge in [-0.2, -0.15) is 0 Å². The van der Waals surface area contributed by atoms with E-state index in [4.69, 9.17) is 0 Å². The molecule has 0 aliphatic rings. The second-order valence-corrected chi connectivity index (χ2v) is 7.98. The molecule has 1 atom stereocenters. The number of carbonyl (C=O) groups excluding carboxylic acids is 2. The normalized spacial score (nSPS) is 12.9. The zero-order chi connectivity index (χ0) is 15.3. The molecule has 0 saturated carbocycles. The van der Waals surface area contributed by atoms with Crippen LogP contribution in [0.1, 0.15) is 29.4 Å². The van der Waals surface area contributed by atoms with E-state index >= 15 is 0 Å². The van der Waals surface area contributed by atoms with Gasteiger partial charge in [0.1, 0.15) is 9.84 Å². The van der Waals surface area contributed by atoms with Gasteiger partial charge in [-0.3, -0.25) is 9.59 Å². The van der Waals surface area contributed by atoms with E-state index in [0.29, 0.717) is 4.88 Å². The van der Waals surface area contributed by atoms with E-state index in [1.807, 2.05) is 5.38 Å². The first kappa shape index (κ1) is 16.8. The summed E-state index contributed by atoms with van der Waals surface area (Å²) >= 11 is 1.35. The molecule has 0 bridgehead atoms. The lowest BCUT2D eigenvalue weighted by molar-refractivity contribution is -0.131. The van der Waals surface area contributed by atoms with E-state index < -0.39 is 15.9 Å². The van der Waals surface area contributed by atoms with Crippen molar-refractivity contribution in [2.24, 2.45) is 0 Å². The fourth-order valence-corrected chi connectivity index (χ4v) is 3.55. The molecule has 1 heterocycles. The molecule has 1 rings (SSSR count). The van der Waals surface area contributed by atoms with Gasteiger partial charge in [0.25, 0.3) is 0 Å². The third kappa shape index (κ3) is 5.42. The van der Waals surface area contributed by atoms with Crippen LogP contribution >= 0.6 is 11.3 Å². The van der Waals surface area contributed by atoms with E-state index in [9.17, 15) is 18.0 Å². The highest BCUT2D eigenvalue weighted by Gasteiger charge is 2.20. The summed E-state index contributed by atoms with van der Waals surface area (Å²) in [6.45, 7) is 1.68. The number of sulfone groups is 1. The number of ketones is 1. The molecule has 7 heteroatoms. The number of hydrogen-bond donors (Lipinski definition) is 0. The van der Waals surface area contributed by atoms with Crippen LogP contribution in [0.4, 0.5) is 0 Å². The maximum Gasteiger partial charge on any atom is 0.223 e. The lowest BCUT2D eigenvalue weighted by Crippen LogP contribution is -2.39. The second kappa shape index (κ2) is 6.99. The Balaban J connectivity index is 2.48.